The predicted molar refractivity (Wildman–Crippen MR) is 201 cm³/mol. The van der Waals surface area contributed by atoms with Gasteiger partial charge in [0.25, 0.3) is 5.91 Å². The monoisotopic (exact) mass is 747 g/mol. The van der Waals surface area contributed by atoms with Crippen molar-refractivity contribution in [3.8, 4) is 5.75 Å². The Morgan fingerprint density at radius 2 is 1.49 bits per heavy atom. The Balaban J connectivity index is 1.34. The lowest BCUT2D eigenvalue weighted by Gasteiger charge is -2.54. The molecule has 15 heteroatoms. The number of aromatic hydroxyl groups is 1. The number of benzene rings is 4. The Kier molecular flexibility index (Phi) is 9.07. The number of anilines is 3. The van der Waals surface area contributed by atoms with Crippen molar-refractivity contribution >= 4 is 63.2 Å². The van der Waals surface area contributed by atoms with E-state index >= 15 is 0 Å². The first-order valence-electron chi connectivity index (χ1n) is 17.3. The molecular weight excluding hydrogens is 710 g/mol. The number of amides is 4. The van der Waals surface area contributed by atoms with Gasteiger partial charge in [0.15, 0.2) is 11.4 Å². The zero-order valence-corrected chi connectivity index (χ0v) is 29.7. The van der Waals surface area contributed by atoms with Crippen LogP contribution in [-0.4, -0.2) is 86.8 Å². The van der Waals surface area contributed by atoms with Crippen LogP contribution >= 0.6 is 0 Å². The molecule has 0 saturated heterocycles. The van der Waals surface area contributed by atoms with Gasteiger partial charge in [0, 0.05) is 22.6 Å². The minimum absolute atomic E-state index is 0.154. The highest BCUT2D eigenvalue weighted by Gasteiger charge is 2.69. The van der Waals surface area contributed by atoms with Crippen molar-refractivity contribution in [2.45, 2.75) is 30.6 Å². The number of phenolic OH excluding ortho intramolecular Hbond substituents is 1. The van der Waals surface area contributed by atoms with Gasteiger partial charge in [-0.2, -0.15) is 0 Å². The number of hydrogen-bond acceptors (Lipinski definition) is 11. The number of nitrogens with one attached hydrogen (secondary N) is 3. The average Bonchev–Trinajstić information content (AvgIpc) is 3.14. The Labute approximate surface area is 313 Å². The normalized spacial score (nSPS) is 24.5. The van der Waals surface area contributed by atoms with Crippen LogP contribution < -0.4 is 21.7 Å². The summed E-state index contributed by atoms with van der Waals surface area (Å²) in [5, 5.41) is 56.9. The number of para-hydroxylation sites is 1. The number of likely N-dealkylation sites (N-methyl/N-ethyl adjacent to an activating group) is 1. The van der Waals surface area contributed by atoms with Crippen LogP contribution in [-0.2, 0) is 19.1 Å². The first kappa shape index (κ1) is 36.6. The standard InChI is InChI=1S/C40H37N5O10/c1-18-21-16-17-24(44-38(52)43-23-15-9-11-19-10-7-8-14-22(19)23)31(46)26(21)32(47)27-25(18)34(55-39(53)42-20-12-5-4-6-13-20)29-30(45(2)3)33(48)28(37(41)51)36(50)40(29,54)35(27)49/h4-18,25,29-30,34,46-47,50,54H,1-3H3,(H2,41,51)(H,42,53)(H2,43,44,52). The average molecular weight is 748 g/mol. The second-order valence-corrected chi connectivity index (χ2v) is 14.0. The van der Waals surface area contributed by atoms with E-state index in [0.717, 1.165) is 10.8 Å². The molecule has 282 valence electrons. The van der Waals surface area contributed by atoms with Gasteiger partial charge >= 0.3 is 12.1 Å². The topological polar surface area (TPSA) is 241 Å². The maximum atomic E-state index is 14.7. The molecule has 4 amide bonds. The maximum absolute atomic E-state index is 14.7. The molecule has 9 N–H and O–H groups in total. The summed E-state index contributed by atoms with van der Waals surface area (Å²) in [6.07, 6.45) is -2.69. The first-order valence-corrected chi connectivity index (χ1v) is 17.3. The number of aliphatic hydroxyl groups is 3. The third-order valence-corrected chi connectivity index (χ3v) is 10.7. The lowest BCUT2D eigenvalue weighted by atomic mass is 9.54. The fourth-order valence-electron chi connectivity index (χ4n) is 8.23. The number of aliphatic hydroxyl groups excluding tert-OH is 2. The van der Waals surface area contributed by atoms with Crippen LogP contribution in [0.25, 0.3) is 16.5 Å². The van der Waals surface area contributed by atoms with Gasteiger partial charge in [-0.05, 0) is 55.2 Å². The van der Waals surface area contributed by atoms with Crippen LogP contribution in [0, 0.1) is 11.8 Å². The molecule has 15 nitrogen and oxygen atoms in total. The third-order valence-electron chi connectivity index (χ3n) is 10.7. The van der Waals surface area contributed by atoms with Crippen LogP contribution in [0.4, 0.5) is 26.7 Å². The van der Waals surface area contributed by atoms with Crippen molar-refractivity contribution in [3.63, 3.8) is 0 Å². The van der Waals surface area contributed by atoms with Gasteiger partial charge < -0.3 is 41.5 Å². The maximum Gasteiger partial charge on any atom is 0.411 e. The van der Waals surface area contributed by atoms with Gasteiger partial charge in [0.2, 0.25) is 5.78 Å². The predicted octanol–water partition coefficient (Wildman–Crippen LogP) is 4.55. The van der Waals surface area contributed by atoms with Crippen molar-refractivity contribution in [2.75, 3.05) is 30.0 Å². The fraction of sp³-hybridized carbons (Fsp3) is 0.225. The Morgan fingerprint density at radius 3 is 2.18 bits per heavy atom. The molecular formula is C40H37N5O10. The summed E-state index contributed by atoms with van der Waals surface area (Å²) < 4.78 is 5.98. The molecule has 0 aliphatic heterocycles. The van der Waals surface area contributed by atoms with Crippen molar-refractivity contribution in [3.05, 3.63) is 113 Å². The van der Waals surface area contributed by atoms with E-state index in [1.807, 2.05) is 30.3 Å². The highest BCUT2D eigenvalue weighted by molar-refractivity contribution is 6.24. The van der Waals surface area contributed by atoms with E-state index in [9.17, 15) is 44.4 Å². The van der Waals surface area contributed by atoms with Gasteiger partial charge in [-0.1, -0.05) is 67.6 Å². The molecule has 6 atom stereocenters. The molecule has 6 unspecified atom stereocenters. The van der Waals surface area contributed by atoms with E-state index in [1.165, 1.54) is 31.1 Å². The van der Waals surface area contributed by atoms with Gasteiger partial charge in [0.1, 0.15) is 28.9 Å². The second-order valence-electron chi connectivity index (χ2n) is 14.0. The number of Topliss-reactive ketones (excluding diaryl/α,β-unsaturated/α-hetero) is 2. The summed E-state index contributed by atoms with van der Waals surface area (Å²) in [4.78, 5) is 69.1. The van der Waals surface area contributed by atoms with Crippen LogP contribution in [0.15, 0.2) is 102 Å². The first-order chi connectivity index (χ1) is 26.2. The number of carbonyl (C=O) groups is 5. The molecule has 55 heavy (non-hydrogen) atoms. The SMILES string of the molecule is CC1c2ccc(NC(=O)Nc3cccc4ccccc34)c(O)c2C(O)=C2C(=O)C3(O)C(O)=C(C(N)=O)C(=O)C(N(C)C)C3C(OC(=O)Nc3ccccc3)C21. The molecule has 4 aromatic rings. The van der Waals surface area contributed by atoms with E-state index in [4.69, 9.17) is 10.5 Å². The molecule has 0 bridgehead atoms. The largest absolute Gasteiger partial charge is 0.508 e. The molecule has 1 saturated carbocycles. The lowest BCUT2D eigenvalue weighted by molar-refractivity contribution is -0.169. The third kappa shape index (κ3) is 5.80. The summed E-state index contributed by atoms with van der Waals surface area (Å²) in [7, 11) is 2.86. The zero-order valence-electron chi connectivity index (χ0n) is 29.7. The number of fused-ring (bicyclic) bond motifs is 4. The van der Waals surface area contributed by atoms with Gasteiger partial charge in [-0.3, -0.25) is 24.6 Å². The molecule has 4 aromatic carbocycles. The van der Waals surface area contributed by atoms with Crippen LogP contribution in [0.5, 0.6) is 5.75 Å². The number of nitrogens with two attached hydrogens (primary N) is 1. The smallest absolute Gasteiger partial charge is 0.411 e. The van der Waals surface area contributed by atoms with Crippen molar-refractivity contribution in [2.24, 2.45) is 17.6 Å². The van der Waals surface area contributed by atoms with Gasteiger partial charge in [-0.25, -0.2) is 9.59 Å². The highest BCUT2D eigenvalue weighted by atomic mass is 16.6. The molecule has 0 spiro atoms. The van der Waals surface area contributed by atoms with E-state index < -0.39 is 93.5 Å². The molecule has 3 aliphatic rings. The van der Waals surface area contributed by atoms with Crippen molar-refractivity contribution in [1.29, 1.82) is 0 Å². The Morgan fingerprint density at radius 1 is 0.836 bits per heavy atom. The quantitative estimate of drug-likeness (QED) is 0.101. The van der Waals surface area contributed by atoms with E-state index in [1.54, 1.807) is 49.4 Å². The zero-order chi connectivity index (χ0) is 39.5. The number of hydrogen-bond donors (Lipinski definition) is 8. The number of ketones is 2. The number of nitrogens with zero attached hydrogens (tertiary/aromatic N) is 1. The molecule has 3 aliphatic carbocycles. The summed E-state index contributed by atoms with van der Waals surface area (Å²) in [6.45, 7) is 1.62. The number of rotatable bonds is 6. The van der Waals surface area contributed by atoms with Crippen LogP contribution in [0.2, 0.25) is 0 Å². The molecule has 1 fully saturated rings. The fourth-order valence-corrected chi connectivity index (χ4v) is 8.23. The van der Waals surface area contributed by atoms with E-state index in [0.29, 0.717) is 11.4 Å². The molecule has 0 aromatic heterocycles. The van der Waals surface area contributed by atoms with E-state index in [-0.39, 0.29) is 16.8 Å². The lowest BCUT2D eigenvalue weighted by Crippen LogP contribution is -2.71. The van der Waals surface area contributed by atoms with Crippen molar-refractivity contribution in [1.82, 2.24) is 4.90 Å². The number of ether oxygens (including phenoxy) is 1. The highest BCUT2D eigenvalue weighted by Crippen LogP contribution is 2.57. The van der Waals surface area contributed by atoms with E-state index in [2.05, 4.69) is 16.0 Å². The van der Waals surface area contributed by atoms with Gasteiger partial charge in [-0.15, -0.1) is 0 Å². The number of carbonyl (C=O) groups excluding carboxylic acids is 5. The minimum Gasteiger partial charge on any atom is -0.508 e. The summed E-state index contributed by atoms with van der Waals surface area (Å²) in [5.74, 6) is -10.5. The Bertz CT molecular complexity index is 2370. The van der Waals surface area contributed by atoms with Gasteiger partial charge in [0.05, 0.1) is 28.9 Å². The van der Waals surface area contributed by atoms with Crippen LogP contribution in [0.1, 0.15) is 24.0 Å². The summed E-state index contributed by atoms with van der Waals surface area (Å²) in [6, 6.07) is 21.5. The summed E-state index contributed by atoms with van der Waals surface area (Å²) in [5.41, 5.74) is 1.40. The number of urea groups is 1. The molecule has 7 rings (SSSR count). The van der Waals surface area contributed by atoms with Crippen LogP contribution in [0.3, 0.4) is 0 Å². The number of primary amides is 1. The number of phenols is 1. The Hall–Kier alpha value is -6.71. The minimum atomic E-state index is -3.13. The molecule has 0 radical (unpaired) electrons. The molecule has 0 heterocycles. The second kappa shape index (κ2) is 13.6. The summed E-state index contributed by atoms with van der Waals surface area (Å²) >= 11 is 0. The van der Waals surface area contributed by atoms with Crippen molar-refractivity contribution < 1.29 is 49.1 Å².